The van der Waals surface area contributed by atoms with Crippen molar-refractivity contribution in [2.24, 2.45) is 5.92 Å². The first-order chi connectivity index (χ1) is 9.99. The van der Waals surface area contributed by atoms with Gasteiger partial charge in [-0.05, 0) is 69.1 Å². The second-order valence-electron chi connectivity index (χ2n) is 7.42. The Morgan fingerprint density at radius 2 is 1.71 bits per heavy atom. The van der Waals surface area contributed by atoms with Crippen LogP contribution in [0, 0.1) is 26.7 Å². The van der Waals surface area contributed by atoms with Crippen LogP contribution >= 0.6 is 0 Å². The number of aryl methyl sites for hydroxylation is 3. The van der Waals surface area contributed by atoms with E-state index in [1.54, 1.807) is 0 Å². The second kappa shape index (κ2) is 5.73. The maximum Gasteiger partial charge on any atom is 0.0962 e. The largest absolute Gasteiger partial charge is 0.364 e. The van der Waals surface area contributed by atoms with Crippen LogP contribution in [0.3, 0.4) is 0 Å². The van der Waals surface area contributed by atoms with E-state index in [4.69, 9.17) is 4.74 Å². The van der Waals surface area contributed by atoms with Gasteiger partial charge in [0.15, 0.2) is 0 Å². The van der Waals surface area contributed by atoms with Gasteiger partial charge in [-0.2, -0.15) is 0 Å². The summed E-state index contributed by atoms with van der Waals surface area (Å²) in [5, 5.41) is 3.65. The maximum absolute atomic E-state index is 6.69. The Morgan fingerprint density at radius 1 is 1.10 bits per heavy atom. The molecule has 2 nitrogen and oxygen atoms in total. The molecule has 1 aromatic carbocycles. The lowest BCUT2D eigenvalue weighted by atomic mass is 9.78. The molecular formula is C19H29NO. The Labute approximate surface area is 129 Å². The van der Waals surface area contributed by atoms with E-state index in [1.807, 2.05) is 0 Å². The fourth-order valence-corrected chi connectivity index (χ4v) is 4.26. The van der Waals surface area contributed by atoms with E-state index in [-0.39, 0.29) is 11.7 Å². The van der Waals surface area contributed by atoms with Gasteiger partial charge in [0.25, 0.3) is 0 Å². The van der Waals surface area contributed by atoms with Gasteiger partial charge in [-0.25, -0.2) is 0 Å². The predicted octanol–water partition coefficient (Wildman–Crippen LogP) is 4.22. The van der Waals surface area contributed by atoms with Crippen molar-refractivity contribution in [1.29, 1.82) is 0 Å². The average molecular weight is 287 g/mol. The summed E-state index contributed by atoms with van der Waals surface area (Å²) in [6.07, 6.45) is 5.25. The highest BCUT2D eigenvalue weighted by atomic mass is 16.5. The summed E-state index contributed by atoms with van der Waals surface area (Å²) in [5.41, 5.74) is 5.59. The Kier molecular flexibility index (Phi) is 4.11. The van der Waals surface area contributed by atoms with Crippen LogP contribution in [0.1, 0.15) is 61.0 Å². The van der Waals surface area contributed by atoms with E-state index in [1.165, 1.54) is 47.9 Å². The Bertz CT molecular complexity index is 491. The Morgan fingerprint density at radius 3 is 2.33 bits per heavy atom. The molecule has 1 atom stereocenters. The minimum absolute atomic E-state index is 0.0825. The molecule has 1 saturated carbocycles. The lowest BCUT2D eigenvalue weighted by Crippen LogP contribution is -2.52. The van der Waals surface area contributed by atoms with E-state index in [2.05, 4.69) is 45.1 Å². The van der Waals surface area contributed by atoms with Crippen molar-refractivity contribution < 1.29 is 4.74 Å². The van der Waals surface area contributed by atoms with Gasteiger partial charge in [-0.1, -0.05) is 24.6 Å². The van der Waals surface area contributed by atoms with Gasteiger partial charge in [0.05, 0.1) is 11.7 Å². The molecule has 2 aliphatic rings. The number of rotatable bonds is 1. The van der Waals surface area contributed by atoms with E-state index in [0.717, 1.165) is 19.0 Å². The molecule has 1 heterocycles. The van der Waals surface area contributed by atoms with Crippen molar-refractivity contribution >= 4 is 0 Å². The molecule has 116 valence electrons. The van der Waals surface area contributed by atoms with E-state index in [0.29, 0.717) is 0 Å². The van der Waals surface area contributed by atoms with Crippen LogP contribution in [0.5, 0.6) is 0 Å². The number of hydrogen-bond donors (Lipinski definition) is 1. The summed E-state index contributed by atoms with van der Waals surface area (Å²) in [6, 6.07) is 4.58. The summed E-state index contributed by atoms with van der Waals surface area (Å²) in [4.78, 5) is 0. The van der Waals surface area contributed by atoms with E-state index in [9.17, 15) is 0 Å². The van der Waals surface area contributed by atoms with E-state index < -0.39 is 0 Å². The zero-order chi connectivity index (χ0) is 15.0. The number of hydrogen-bond acceptors (Lipinski definition) is 2. The van der Waals surface area contributed by atoms with Crippen LogP contribution in [-0.2, 0) is 4.74 Å². The van der Waals surface area contributed by atoms with Crippen LogP contribution in [0.2, 0.25) is 0 Å². The SMILES string of the molecule is Cc1cc(C)c(C2CNCC3(CCC(C)CC3)O2)c(C)c1. The van der Waals surface area contributed by atoms with Gasteiger partial charge in [0, 0.05) is 13.1 Å². The fourth-order valence-electron chi connectivity index (χ4n) is 4.26. The van der Waals surface area contributed by atoms with Crippen molar-refractivity contribution in [3.05, 3.63) is 34.4 Å². The molecule has 1 aliphatic carbocycles. The molecule has 0 amide bonds. The highest BCUT2D eigenvalue weighted by molar-refractivity contribution is 5.39. The van der Waals surface area contributed by atoms with Crippen molar-refractivity contribution in [2.75, 3.05) is 13.1 Å². The van der Waals surface area contributed by atoms with Crippen molar-refractivity contribution in [2.45, 2.75) is 65.1 Å². The normalized spacial score (nSPS) is 33.3. The minimum atomic E-state index is 0.0825. The van der Waals surface area contributed by atoms with Crippen molar-refractivity contribution in [3.63, 3.8) is 0 Å². The molecule has 0 aromatic heterocycles. The zero-order valence-corrected chi connectivity index (χ0v) is 14.0. The van der Waals surface area contributed by atoms with Gasteiger partial charge in [-0.3, -0.25) is 0 Å². The highest BCUT2D eigenvalue weighted by Gasteiger charge is 2.40. The summed E-state index contributed by atoms with van der Waals surface area (Å²) in [7, 11) is 0. The standard InChI is InChI=1S/C19H29NO/c1-13-5-7-19(8-6-13)12-20-11-17(21-19)18-15(3)9-14(2)10-16(18)4/h9-10,13,17,20H,5-8,11-12H2,1-4H3. The summed E-state index contributed by atoms with van der Waals surface area (Å²) < 4.78 is 6.69. The second-order valence-corrected chi connectivity index (χ2v) is 7.42. The zero-order valence-electron chi connectivity index (χ0n) is 14.0. The fraction of sp³-hybridized carbons (Fsp3) is 0.684. The van der Waals surface area contributed by atoms with Gasteiger partial charge in [0.2, 0.25) is 0 Å². The first-order valence-corrected chi connectivity index (χ1v) is 8.45. The summed E-state index contributed by atoms with van der Waals surface area (Å²) in [5.74, 6) is 0.863. The number of ether oxygens (including phenoxy) is 1. The molecule has 0 bridgehead atoms. The molecule has 1 unspecified atom stereocenters. The average Bonchev–Trinajstić information content (AvgIpc) is 2.42. The Balaban J connectivity index is 1.84. The quantitative estimate of drug-likeness (QED) is 0.835. The van der Waals surface area contributed by atoms with Crippen molar-refractivity contribution in [1.82, 2.24) is 5.32 Å². The first kappa shape index (κ1) is 15.1. The Hall–Kier alpha value is -0.860. The van der Waals surface area contributed by atoms with Crippen LogP contribution in [0.25, 0.3) is 0 Å². The third-order valence-electron chi connectivity index (χ3n) is 5.41. The van der Waals surface area contributed by atoms with Gasteiger partial charge >= 0.3 is 0 Å². The van der Waals surface area contributed by atoms with Crippen LogP contribution < -0.4 is 5.32 Å². The molecule has 1 saturated heterocycles. The highest BCUT2D eigenvalue weighted by Crippen LogP contribution is 2.41. The topological polar surface area (TPSA) is 21.3 Å². The summed E-state index contributed by atoms with van der Waals surface area (Å²) in [6.45, 7) is 11.0. The maximum atomic E-state index is 6.69. The van der Waals surface area contributed by atoms with Gasteiger partial charge < -0.3 is 10.1 Å². The molecule has 0 radical (unpaired) electrons. The molecule has 21 heavy (non-hydrogen) atoms. The van der Waals surface area contributed by atoms with Crippen LogP contribution in [-0.4, -0.2) is 18.7 Å². The molecule has 3 rings (SSSR count). The van der Waals surface area contributed by atoms with Gasteiger partial charge in [0.1, 0.15) is 0 Å². The lowest BCUT2D eigenvalue weighted by Gasteiger charge is -2.46. The molecule has 2 heteroatoms. The molecular weight excluding hydrogens is 258 g/mol. The lowest BCUT2D eigenvalue weighted by molar-refractivity contribution is -0.140. The number of nitrogens with one attached hydrogen (secondary N) is 1. The number of benzene rings is 1. The molecule has 1 N–H and O–H groups in total. The smallest absolute Gasteiger partial charge is 0.0962 e. The third-order valence-corrected chi connectivity index (χ3v) is 5.41. The first-order valence-electron chi connectivity index (χ1n) is 8.45. The monoisotopic (exact) mass is 287 g/mol. The predicted molar refractivity (Wildman–Crippen MR) is 87.7 cm³/mol. The molecule has 1 spiro atoms. The summed E-state index contributed by atoms with van der Waals surface area (Å²) >= 11 is 0. The van der Waals surface area contributed by atoms with Crippen molar-refractivity contribution in [3.8, 4) is 0 Å². The molecule has 1 aromatic rings. The molecule has 2 fully saturated rings. The van der Waals surface area contributed by atoms with Crippen LogP contribution in [0.15, 0.2) is 12.1 Å². The third kappa shape index (κ3) is 3.02. The molecule has 1 aliphatic heterocycles. The van der Waals surface area contributed by atoms with E-state index >= 15 is 0 Å². The minimum Gasteiger partial charge on any atom is -0.364 e. The number of morpholine rings is 1. The van der Waals surface area contributed by atoms with Crippen LogP contribution in [0.4, 0.5) is 0 Å². The van der Waals surface area contributed by atoms with Gasteiger partial charge in [-0.15, -0.1) is 0 Å².